The zero-order valence-electron chi connectivity index (χ0n) is 10.4. The Labute approximate surface area is 117 Å². The SMILES string of the molecule is N#Cc1ccccc1S(=O)(=O)N1CC2CC1CS2(=O)=O. The second-order valence-corrected chi connectivity index (χ2v) is 9.21. The fraction of sp³-hybridized carbons (Fsp3) is 0.417. The van der Waals surface area contributed by atoms with E-state index in [0.29, 0.717) is 6.42 Å². The van der Waals surface area contributed by atoms with Crippen molar-refractivity contribution in [2.45, 2.75) is 22.6 Å². The van der Waals surface area contributed by atoms with Gasteiger partial charge < -0.3 is 0 Å². The van der Waals surface area contributed by atoms with Gasteiger partial charge in [-0.3, -0.25) is 0 Å². The molecule has 2 atom stereocenters. The number of fused-ring (bicyclic) bond motifs is 2. The smallest absolute Gasteiger partial charge is 0.228 e. The molecule has 0 aliphatic carbocycles. The molecule has 2 saturated heterocycles. The van der Waals surface area contributed by atoms with Crippen LogP contribution in [0.3, 0.4) is 0 Å². The van der Waals surface area contributed by atoms with Gasteiger partial charge in [-0.25, -0.2) is 16.8 Å². The lowest BCUT2D eigenvalue weighted by Crippen LogP contribution is -2.44. The maximum absolute atomic E-state index is 12.6. The third kappa shape index (κ3) is 1.85. The maximum Gasteiger partial charge on any atom is 0.244 e. The van der Waals surface area contributed by atoms with E-state index in [4.69, 9.17) is 5.26 Å². The summed E-state index contributed by atoms with van der Waals surface area (Å²) in [6.07, 6.45) is 0.357. The Kier molecular flexibility index (Phi) is 2.90. The lowest BCUT2D eigenvalue weighted by Gasteiger charge is -2.26. The van der Waals surface area contributed by atoms with Crippen LogP contribution < -0.4 is 0 Å². The Morgan fingerprint density at radius 3 is 2.55 bits per heavy atom. The molecule has 20 heavy (non-hydrogen) atoms. The standard InChI is InChI=1S/C12H12N2O4S2/c13-6-9-3-1-2-4-12(9)20(17,18)14-7-11-5-10(14)8-19(11,15)16/h1-4,10-11H,5,7-8H2. The van der Waals surface area contributed by atoms with E-state index >= 15 is 0 Å². The number of nitriles is 1. The van der Waals surface area contributed by atoms with Crippen molar-refractivity contribution in [2.75, 3.05) is 12.3 Å². The van der Waals surface area contributed by atoms with Crippen molar-refractivity contribution in [3.05, 3.63) is 29.8 Å². The molecule has 0 saturated carbocycles. The molecule has 0 amide bonds. The minimum Gasteiger partial charge on any atom is -0.228 e. The summed E-state index contributed by atoms with van der Waals surface area (Å²) in [6, 6.07) is 7.34. The second kappa shape index (κ2) is 4.28. The van der Waals surface area contributed by atoms with Gasteiger partial charge in [0.15, 0.2) is 9.84 Å². The minimum absolute atomic E-state index is 0.00486. The van der Waals surface area contributed by atoms with Gasteiger partial charge in [0.05, 0.1) is 21.5 Å². The quantitative estimate of drug-likeness (QED) is 0.773. The van der Waals surface area contributed by atoms with E-state index in [9.17, 15) is 16.8 Å². The number of hydrogen-bond acceptors (Lipinski definition) is 5. The van der Waals surface area contributed by atoms with E-state index in [1.54, 1.807) is 12.1 Å². The molecule has 0 spiro atoms. The van der Waals surface area contributed by atoms with Crippen molar-refractivity contribution in [3.8, 4) is 6.07 Å². The highest BCUT2D eigenvalue weighted by Gasteiger charge is 2.52. The number of rotatable bonds is 2. The summed E-state index contributed by atoms with van der Waals surface area (Å²) in [7, 11) is -6.97. The summed E-state index contributed by atoms with van der Waals surface area (Å²) in [6.45, 7) is -0.00486. The molecule has 2 unspecified atom stereocenters. The first kappa shape index (κ1) is 13.5. The molecule has 0 radical (unpaired) electrons. The molecule has 2 aliphatic rings. The first-order valence-corrected chi connectivity index (χ1v) is 9.24. The monoisotopic (exact) mass is 312 g/mol. The van der Waals surface area contributed by atoms with Crippen LogP contribution in [-0.4, -0.2) is 44.7 Å². The van der Waals surface area contributed by atoms with Gasteiger partial charge in [0.1, 0.15) is 6.07 Å². The molecule has 2 aliphatic heterocycles. The van der Waals surface area contributed by atoms with Crippen molar-refractivity contribution in [1.29, 1.82) is 5.26 Å². The van der Waals surface area contributed by atoms with Crippen molar-refractivity contribution in [2.24, 2.45) is 0 Å². The highest BCUT2D eigenvalue weighted by Crippen LogP contribution is 2.37. The Bertz CT molecular complexity index is 808. The Hall–Kier alpha value is -1.43. The average Bonchev–Trinajstić information content (AvgIpc) is 2.94. The summed E-state index contributed by atoms with van der Waals surface area (Å²) in [5.74, 6) is -0.119. The molecule has 0 aromatic heterocycles. The fourth-order valence-corrected chi connectivity index (χ4v) is 6.91. The van der Waals surface area contributed by atoms with Gasteiger partial charge >= 0.3 is 0 Å². The third-order valence-electron chi connectivity index (χ3n) is 3.85. The molecule has 0 N–H and O–H groups in total. The molecular formula is C12H12N2O4S2. The van der Waals surface area contributed by atoms with Crippen LogP contribution in [0.4, 0.5) is 0 Å². The van der Waals surface area contributed by atoms with Gasteiger partial charge in [-0.05, 0) is 18.6 Å². The topological polar surface area (TPSA) is 95.3 Å². The lowest BCUT2D eigenvalue weighted by atomic mass is 10.2. The molecule has 2 fully saturated rings. The second-order valence-electron chi connectivity index (χ2n) is 5.02. The average molecular weight is 312 g/mol. The van der Waals surface area contributed by atoms with Crippen molar-refractivity contribution < 1.29 is 16.8 Å². The largest absolute Gasteiger partial charge is 0.244 e. The molecule has 6 nitrogen and oxygen atoms in total. The number of hydrogen-bond donors (Lipinski definition) is 0. The van der Waals surface area contributed by atoms with Crippen LogP contribution in [0.2, 0.25) is 0 Å². The minimum atomic E-state index is -3.82. The Morgan fingerprint density at radius 1 is 1.30 bits per heavy atom. The summed E-state index contributed by atoms with van der Waals surface area (Å²) in [5, 5.41) is 8.41. The van der Waals surface area contributed by atoms with Crippen molar-refractivity contribution in [3.63, 3.8) is 0 Å². The zero-order chi connectivity index (χ0) is 14.5. The van der Waals surface area contributed by atoms with Crippen LogP contribution in [0.1, 0.15) is 12.0 Å². The fourth-order valence-electron chi connectivity index (χ4n) is 2.87. The number of nitrogens with zero attached hydrogens (tertiary/aromatic N) is 2. The van der Waals surface area contributed by atoms with E-state index in [1.807, 2.05) is 6.07 Å². The van der Waals surface area contributed by atoms with Crippen molar-refractivity contribution in [1.82, 2.24) is 4.31 Å². The number of benzene rings is 1. The lowest BCUT2D eigenvalue weighted by molar-refractivity contribution is 0.402. The molecule has 8 heteroatoms. The Morgan fingerprint density at radius 2 is 2.00 bits per heavy atom. The van der Waals surface area contributed by atoms with Crippen LogP contribution in [0.15, 0.2) is 29.2 Å². The highest BCUT2D eigenvalue weighted by molar-refractivity contribution is 7.93. The first-order chi connectivity index (χ1) is 9.36. The van der Waals surface area contributed by atoms with Crippen LogP contribution >= 0.6 is 0 Å². The summed E-state index contributed by atoms with van der Waals surface area (Å²) in [4.78, 5) is -0.0487. The first-order valence-electron chi connectivity index (χ1n) is 6.09. The van der Waals surface area contributed by atoms with Crippen molar-refractivity contribution >= 4 is 19.9 Å². The number of sulfone groups is 1. The van der Waals surface area contributed by atoms with E-state index in [-0.39, 0.29) is 22.8 Å². The summed E-state index contributed by atoms with van der Waals surface area (Å²) < 4.78 is 49.8. The maximum atomic E-state index is 12.6. The van der Waals surface area contributed by atoms with Gasteiger partial charge in [0.2, 0.25) is 10.0 Å². The molecule has 106 valence electrons. The normalized spacial score (nSPS) is 28.4. The predicted molar refractivity (Wildman–Crippen MR) is 71.0 cm³/mol. The summed E-state index contributed by atoms with van der Waals surface area (Å²) in [5.41, 5.74) is 0.0816. The van der Waals surface area contributed by atoms with Gasteiger partial charge in [0.25, 0.3) is 0 Å². The van der Waals surface area contributed by atoms with E-state index in [2.05, 4.69) is 0 Å². The third-order valence-corrected chi connectivity index (χ3v) is 8.04. The molecule has 2 heterocycles. The van der Waals surface area contributed by atoms with E-state index in [0.717, 1.165) is 0 Å². The van der Waals surface area contributed by atoms with Crippen LogP contribution in [-0.2, 0) is 19.9 Å². The van der Waals surface area contributed by atoms with Gasteiger partial charge in [0, 0.05) is 12.6 Å². The number of sulfonamides is 1. The van der Waals surface area contributed by atoms with E-state index in [1.165, 1.54) is 16.4 Å². The molecule has 3 rings (SSSR count). The summed E-state index contributed by atoms with van der Waals surface area (Å²) >= 11 is 0. The molecule has 2 bridgehead atoms. The van der Waals surface area contributed by atoms with Crippen LogP contribution in [0.5, 0.6) is 0 Å². The zero-order valence-corrected chi connectivity index (χ0v) is 12.1. The Balaban J connectivity index is 2.02. The molecule has 1 aromatic rings. The van der Waals surface area contributed by atoms with Crippen LogP contribution in [0.25, 0.3) is 0 Å². The van der Waals surface area contributed by atoms with Gasteiger partial charge in [-0.2, -0.15) is 9.57 Å². The van der Waals surface area contributed by atoms with Gasteiger partial charge in [-0.1, -0.05) is 12.1 Å². The predicted octanol–water partition coefficient (Wildman–Crippen LogP) is 0.118. The molecule has 1 aromatic carbocycles. The molecular weight excluding hydrogens is 300 g/mol. The highest BCUT2D eigenvalue weighted by atomic mass is 32.2. The van der Waals surface area contributed by atoms with E-state index < -0.39 is 31.2 Å². The van der Waals surface area contributed by atoms with Gasteiger partial charge in [-0.15, -0.1) is 0 Å². The van der Waals surface area contributed by atoms with Crippen LogP contribution in [0, 0.1) is 11.3 Å².